The summed E-state index contributed by atoms with van der Waals surface area (Å²) in [5.74, 6) is -1.66. The van der Waals surface area contributed by atoms with Crippen LogP contribution in [0.4, 0.5) is 5.69 Å². The van der Waals surface area contributed by atoms with Gasteiger partial charge < -0.3 is 15.2 Å². The fourth-order valence-corrected chi connectivity index (χ4v) is 3.44. The first-order valence-electron chi connectivity index (χ1n) is 6.61. The molecule has 0 bridgehead atoms. The van der Waals surface area contributed by atoms with Gasteiger partial charge in [0.25, 0.3) is 0 Å². The summed E-state index contributed by atoms with van der Waals surface area (Å²) in [5, 5.41) is 12.1. The molecule has 0 radical (unpaired) electrons. The van der Waals surface area contributed by atoms with E-state index in [-0.39, 0.29) is 24.7 Å². The van der Waals surface area contributed by atoms with E-state index in [1.54, 1.807) is 25.1 Å². The van der Waals surface area contributed by atoms with Gasteiger partial charge in [0.1, 0.15) is 10.8 Å². The fraction of sp³-hybridized carbons (Fsp3) is 0.462. The van der Waals surface area contributed by atoms with E-state index >= 15 is 0 Å². The van der Waals surface area contributed by atoms with Crippen LogP contribution >= 0.6 is 0 Å². The van der Waals surface area contributed by atoms with Crippen molar-refractivity contribution in [3.63, 3.8) is 0 Å². The number of para-hydroxylation sites is 1. The number of anilines is 1. The smallest absolute Gasteiger partial charge is 0.311 e. The van der Waals surface area contributed by atoms with E-state index < -0.39 is 28.0 Å². The molecule has 1 aromatic carbocycles. The lowest BCUT2D eigenvalue weighted by Gasteiger charge is -2.19. The van der Waals surface area contributed by atoms with Crippen LogP contribution in [0.2, 0.25) is 0 Å². The summed E-state index contributed by atoms with van der Waals surface area (Å²) in [4.78, 5) is 11.2. The zero-order valence-corrected chi connectivity index (χ0v) is 12.4. The van der Waals surface area contributed by atoms with Gasteiger partial charge in [-0.25, -0.2) is 13.1 Å². The second-order valence-electron chi connectivity index (χ2n) is 4.73. The molecule has 2 rings (SSSR count). The van der Waals surface area contributed by atoms with Gasteiger partial charge in [0.2, 0.25) is 10.0 Å². The van der Waals surface area contributed by atoms with E-state index in [9.17, 15) is 13.2 Å². The summed E-state index contributed by atoms with van der Waals surface area (Å²) < 4.78 is 31.9. The molecule has 0 aromatic heterocycles. The number of carboxylic acid groups (broad SMARTS) is 1. The maximum atomic E-state index is 12.1. The Morgan fingerprint density at radius 3 is 2.76 bits per heavy atom. The molecule has 116 valence electrons. The number of aliphatic carboxylic acids is 1. The van der Waals surface area contributed by atoms with E-state index in [0.717, 1.165) is 0 Å². The summed E-state index contributed by atoms with van der Waals surface area (Å²) in [5.41, 5.74) is 0.375. The topological polar surface area (TPSA) is 105 Å². The highest BCUT2D eigenvalue weighted by Crippen LogP contribution is 2.25. The SMILES string of the molecule is CCNS(=O)(=O)c1ccccc1NC1COCC1C(=O)O. The molecule has 2 atom stereocenters. The first-order chi connectivity index (χ1) is 9.95. The Morgan fingerprint density at radius 2 is 2.10 bits per heavy atom. The predicted molar refractivity (Wildman–Crippen MR) is 76.7 cm³/mol. The molecule has 1 aliphatic rings. The zero-order valence-electron chi connectivity index (χ0n) is 11.6. The summed E-state index contributed by atoms with van der Waals surface area (Å²) in [7, 11) is -3.62. The van der Waals surface area contributed by atoms with Crippen LogP contribution in [-0.2, 0) is 19.6 Å². The van der Waals surface area contributed by atoms with Crippen LogP contribution in [0.5, 0.6) is 0 Å². The monoisotopic (exact) mass is 314 g/mol. The number of hydrogen-bond donors (Lipinski definition) is 3. The summed E-state index contributed by atoms with van der Waals surface area (Å²) in [6.07, 6.45) is 0. The van der Waals surface area contributed by atoms with Crippen molar-refractivity contribution in [2.24, 2.45) is 5.92 Å². The third-order valence-corrected chi connectivity index (χ3v) is 4.85. The quantitative estimate of drug-likeness (QED) is 0.706. The second-order valence-corrected chi connectivity index (χ2v) is 6.47. The van der Waals surface area contributed by atoms with Gasteiger partial charge in [-0.15, -0.1) is 0 Å². The molecule has 1 aliphatic heterocycles. The second kappa shape index (κ2) is 6.42. The molecule has 0 amide bonds. The minimum Gasteiger partial charge on any atom is -0.481 e. The maximum absolute atomic E-state index is 12.1. The highest BCUT2D eigenvalue weighted by Gasteiger charge is 2.34. The molecule has 1 saturated heterocycles. The van der Waals surface area contributed by atoms with Crippen LogP contribution in [-0.4, -0.2) is 45.3 Å². The number of carbonyl (C=O) groups is 1. The normalized spacial score (nSPS) is 22.1. The van der Waals surface area contributed by atoms with Gasteiger partial charge in [-0.05, 0) is 12.1 Å². The number of nitrogens with one attached hydrogen (secondary N) is 2. The van der Waals surface area contributed by atoms with Crippen molar-refractivity contribution in [3.05, 3.63) is 24.3 Å². The first-order valence-corrected chi connectivity index (χ1v) is 8.10. The Hall–Kier alpha value is -1.64. The van der Waals surface area contributed by atoms with Gasteiger partial charge in [-0.3, -0.25) is 4.79 Å². The molecule has 3 N–H and O–H groups in total. The van der Waals surface area contributed by atoms with Crippen molar-refractivity contribution in [3.8, 4) is 0 Å². The van der Waals surface area contributed by atoms with Crippen molar-refractivity contribution < 1.29 is 23.1 Å². The molecular weight excluding hydrogens is 296 g/mol. The Balaban J connectivity index is 2.27. The molecule has 2 unspecified atom stereocenters. The van der Waals surface area contributed by atoms with Gasteiger partial charge in [0.05, 0.1) is 24.9 Å². The third-order valence-electron chi connectivity index (χ3n) is 3.25. The van der Waals surface area contributed by atoms with E-state index in [0.29, 0.717) is 5.69 Å². The van der Waals surface area contributed by atoms with Crippen molar-refractivity contribution in [1.29, 1.82) is 0 Å². The Kier molecular flexibility index (Phi) is 4.81. The lowest BCUT2D eigenvalue weighted by Crippen LogP contribution is -2.34. The largest absolute Gasteiger partial charge is 0.481 e. The first kappa shape index (κ1) is 15.7. The third kappa shape index (κ3) is 3.52. The molecule has 0 aliphatic carbocycles. The molecule has 1 heterocycles. The van der Waals surface area contributed by atoms with Crippen LogP contribution in [0.25, 0.3) is 0 Å². The zero-order chi connectivity index (χ0) is 15.5. The van der Waals surface area contributed by atoms with Crippen molar-refractivity contribution in [2.75, 3.05) is 25.1 Å². The minimum atomic E-state index is -3.62. The molecule has 7 nitrogen and oxygen atoms in total. The molecular formula is C13H18N2O5S. The molecule has 21 heavy (non-hydrogen) atoms. The number of rotatable bonds is 6. The molecule has 1 fully saturated rings. The predicted octanol–water partition coefficient (Wildman–Crippen LogP) is 0.496. The lowest BCUT2D eigenvalue weighted by atomic mass is 10.0. The summed E-state index contributed by atoms with van der Waals surface area (Å²) >= 11 is 0. The van der Waals surface area contributed by atoms with Crippen LogP contribution in [0, 0.1) is 5.92 Å². The average Bonchev–Trinajstić information content (AvgIpc) is 2.87. The number of sulfonamides is 1. The highest BCUT2D eigenvalue weighted by molar-refractivity contribution is 7.89. The van der Waals surface area contributed by atoms with Crippen molar-refractivity contribution >= 4 is 21.7 Å². The van der Waals surface area contributed by atoms with Gasteiger partial charge in [-0.2, -0.15) is 0 Å². The Labute approximate surface area is 123 Å². The number of benzene rings is 1. The lowest BCUT2D eigenvalue weighted by molar-refractivity contribution is -0.141. The molecule has 1 aromatic rings. The van der Waals surface area contributed by atoms with Gasteiger partial charge in [-0.1, -0.05) is 19.1 Å². The molecule has 0 saturated carbocycles. The van der Waals surface area contributed by atoms with E-state index in [2.05, 4.69) is 10.0 Å². The van der Waals surface area contributed by atoms with E-state index in [4.69, 9.17) is 9.84 Å². The van der Waals surface area contributed by atoms with Gasteiger partial charge in [0.15, 0.2) is 0 Å². The minimum absolute atomic E-state index is 0.0999. The van der Waals surface area contributed by atoms with Crippen LogP contribution in [0.3, 0.4) is 0 Å². The van der Waals surface area contributed by atoms with Gasteiger partial charge in [0, 0.05) is 6.54 Å². The number of carboxylic acids is 1. The summed E-state index contributed by atoms with van der Waals surface area (Å²) in [6.45, 7) is 2.32. The van der Waals surface area contributed by atoms with Crippen LogP contribution < -0.4 is 10.0 Å². The maximum Gasteiger partial charge on any atom is 0.311 e. The Bertz CT molecular complexity index is 617. The number of hydrogen-bond acceptors (Lipinski definition) is 5. The number of ether oxygens (including phenoxy) is 1. The van der Waals surface area contributed by atoms with Crippen molar-refractivity contribution in [1.82, 2.24) is 4.72 Å². The van der Waals surface area contributed by atoms with E-state index in [1.807, 2.05) is 0 Å². The van der Waals surface area contributed by atoms with Crippen molar-refractivity contribution in [2.45, 2.75) is 17.9 Å². The fourth-order valence-electron chi connectivity index (χ4n) is 2.23. The molecule has 0 spiro atoms. The summed E-state index contributed by atoms with van der Waals surface area (Å²) in [6, 6.07) is 5.95. The standard InChI is InChI=1S/C13H18N2O5S/c1-2-14-21(18,19)12-6-4-3-5-10(12)15-11-8-20-7-9(11)13(16)17/h3-6,9,11,14-15H,2,7-8H2,1H3,(H,16,17). The Morgan fingerprint density at radius 1 is 1.38 bits per heavy atom. The van der Waals surface area contributed by atoms with Crippen LogP contribution in [0.1, 0.15) is 6.92 Å². The van der Waals surface area contributed by atoms with Gasteiger partial charge >= 0.3 is 5.97 Å². The van der Waals surface area contributed by atoms with E-state index in [1.165, 1.54) is 6.07 Å². The molecule has 8 heteroatoms. The van der Waals surface area contributed by atoms with Crippen LogP contribution in [0.15, 0.2) is 29.2 Å². The average molecular weight is 314 g/mol. The highest BCUT2D eigenvalue weighted by atomic mass is 32.2.